The number of carbonyl (C=O) groups excluding carboxylic acids is 1. The molecule has 8 heteroatoms. The smallest absolute Gasteiger partial charge is 0.315 e. The number of hydrogen-bond acceptors (Lipinski definition) is 5. The van der Waals surface area contributed by atoms with Crippen LogP contribution in [0.25, 0.3) is 10.2 Å². The summed E-state index contributed by atoms with van der Waals surface area (Å²) in [5.41, 5.74) is 2.45. The molecule has 5 rings (SSSR count). The SMILES string of the molecule is O=C1N[Si]2CCNC[C@@H]2N1c1nc2c3c(ccc2s1)OCC3. The number of urea groups is 1. The minimum Gasteiger partial charge on any atom is -0.493 e. The van der Waals surface area contributed by atoms with Gasteiger partial charge in [-0.2, -0.15) is 0 Å². The Morgan fingerprint density at radius 2 is 2.41 bits per heavy atom. The Kier molecular flexibility index (Phi) is 2.73. The molecular formula is C14H15N4O2SSi. The van der Waals surface area contributed by atoms with Gasteiger partial charge in [0, 0.05) is 18.5 Å². The van der Waals surface area contributed by atoms with Gasteiger partial charge in [0.2, 0.25) is 0 Å². The van der Waals surface area contributed by atoms with E-state index >= 15 is 0 Å². The zero-order valence-corrected chi connectivity index (χ0v) is 13.7. The Hall–Kier alpha value is -1.64. The predicted octanol–water partition coefficient (Wildman–Crippen LogP) is 1.26. The van der Waals surface area contributed by atoms with Crippen molar-refractivity contribution in [2.45, 2.75) is 18.1 Å². The Bertz CT molecular complexity index is 780. The van der Waals surface area contributed by atoms with Crippen molar-refractivity contribution in [3.8, 4) is 5.75 Å². The summed E-state index contributed by atoms with van der Waals surface area (Å²) in [6.45, 7) is 2.60. The summed E-state index contributed by atoms with van der Waals surface area (Å²) in [5.74, 6) is 0.944. The molecule has 1 atom stereocenters. The van der Waals surface area contributed by atoms with Gasteiger partial charge < -0.3 is 15.0 Å². The zero-order valence-electron chi connectivity index (χ0n) is 11.9. The third-order valence-corrected chi connectivity index (χ3v) is 8.15. The molecule has 0 spiro atoms. The standard InChI is InChI=1S/C14H15N4O2SSi/c19-13-17-22-6-4-15-7-11(22)18(13)14-16-12-8-3-5-20-9(8)1-2-10(12)21-14/h1-2,11,15H,3-7H2,(H,17,19)/t11-/m1/s1. The number of nitrogens with zero attached hydrogens (tertiary/aromatic N) is 2. The third kappa shape index (κ3) is 1.74. The average molecular weight is 331 g/mol. The molecule has 22 heavy (non-hydrogen) atoms. The van der Waals surface area contributed by atoms with Crippen LogP contribution in [-0.2, 0) is 6.42 Å². The number of anilines is 1. The minimum atomic E-state index is -0.840. The summed E-state index contributed by atoms with van der Waals surface area (Å²) in [5, 5.41) is 4.22. The van der Waals surface area contributed by atoms with Crippen LogP contribution in [0, 0.1) is 0 Å². The lowest BCUT2D eigenvalue weighted by molar-refractivity contribution is 0.252. The van der Waals surface area contributed by atoms with E-state index in [4.69, 9.17) is 9.72 Å². The van der Waals surface area contributed by atoms with E-state index in [0.717, 1.165) is 53.3 Å². The average Bonchev–Trinajstić information content (AvgIpc) is 3.20. The summed E-state index contributed by atoms with van der Waals surface area (Å²) < 4.78 is 6.75. The topological polar surface area (TPSA) is 66.5 Å². The van der Waals surface area contributed by atoms with Gasteiger partial charge >= 0.3 is 6.03 Å². The monoisotopic (exact) mass is 331 g/mol. The van der Waals surface area contributed by atoms with Crippen LogP contribution in [0.3, 0.4) is 0 Å². The van der Waals surface area contributed by atoms with Crippen LogP contribution in [0.1, 0.15) is 5.56 Å². The Morgan fingerprint density at radius 1 is 1.45 bits per heavy atom. The molecule has 1 radical (unpaired) electrons. The number of amides is 2. The van der Waals surface area contributed by atoms with E-state index in [9.17, 15) is 4.79 Å². The predicted molar refractivity (Wildman–Crippen MR) is 87.0 cm³/mol. The summed E-state index contributed by atoms with van der Waals surface area (Å²) in [6.07, 6.45) is 0.905. The van der Waals surface area contributed by atoms with Crippen LogP contribution in [0.15, 0.2) is 12.1 Å². The highest BCUT2D eigenvalue weighted by atomic mass is 32.1. The number of ether oxygens (including phenoxy) is 1. The molecule has 6 nitrogen and oxygen atoms in total. The van der Waals surface area contributed by atoms with Crippen LogP contribution in [0.4, 0.5) is 9.93 Å². The van der Waals surface area contributed by atoms with Crippen LogP contribution < -0.4 is 19.9 Å². The van der Waals surface area contributed by atoms with Crippen molar-refractivity contribution in [2.75, 3.05) is 24.6 Å². The summed E-state index contributed by atoms with van der Waals surface area (Å²) in [6, 6.07) is 5.17. The van der Waals surface area contributed by atoms with Gasteiger partial charge in [0.05, 0.1) is 22.5 Å². The molecule has 4 heterocycles. The molecule has 3 aliphatic heterocycles. The second-order valence-electron chi connectivity index (χ2n) is 5.78. The maximum atomic E-state index is 12.4. The molecule has 0 saturated carbocycles. The molecule has 0 aliphatic carbocycles. The van der Waals surface area contributed by atoms with Crippen molar-refractivity contribution >= 4 is 41.7 Å². The van der Waals surface area contributed by atoms with E-state index in [1.165, 1.54) is 5.56 Å². The van der Waals surface area contributed by atoms with Crippen molar-refractivity contribution in [3.05, 3.63) is 17.7 Å². The summed E-state index contributed by atoms with van der Waals surface area (Å²) in [7, 11) is -0.840. The molecule has 1 aromatic carbocycles. The van der Waals surface area contributed by atoms with Crippen molar-refractivity contribution in [1.82, 2.24) is 15.3 Å². The Balaban J connectivity index is 1.60. The molecule has 0 unspecified atom stereocenters. The van der Waals surface area contributed by atoms with Gasteiger partial charge in [-0.1, -0.05) is 11.3 Å². The number of rotatable bonds is 1. The van der Waals surface area contributed by atoms with E-state index < -0.39 is 8.96 Å². The van der Waals surface area contributed by atoms with Gasteiger partial charge in [-0.15, -0.1) is 0 Å². The lowest BCUT2D eigenvalue weighted by Crippen LogP contribution is -2.52. The Morgan fingerprint density at radius 3 is 3.36 bits per heavy atom. The van der Waals surface area contributed by atoms with Gasteiger partial charge in [0.15, 0.2) is 14.1 Å². The molecule has 113 valence electrons. The molecule has 2 aromatic rings. The first-order valence-electron chi connectivity index (χ1n) is 7.53. The third-order valence-electron chi connectivity index (χ3n) is 4.54. The van der Waals surface area contributed by atoms with Crippen molar-refractivity contribution in [1.29, 1.82) is 0 Å². The highest BCUT2D eigenvalue weighted by Crippen LogP contribution is 2.38. The van der Waals surface area contributed by atoms with Gasteiger partial charge in [-0.05, 0) is 24.7 Å². The second kappa shape index (κ2) is 4.67. The first-order valence-corrected chi connectivity index (χ1v) is 10.1. The van der Waals surface area contributed by atoms with E-state index in [1.807, 2.05) is 11.0 Å². The summed E-state index contributed by atoms with van der Waals surface area (Å²) >= 11 is 1.61. The quantitative estimate of drug-likeness (QED) is 0.772. The lowest BCUT2D eigenvalue weighted by Gasteiger charge is -2.27. The number of carbonyl (C=O) groups is 1. The molecule has 3 aliphatic rings. The number of hydrogen-bond donors (Lipinski definition) is 2. The largest absolute Gasteiger partial charge is 0.493 e. The van der Waals surface area contributed by atoms with Crippen molar-refractivity contribution in [2.24, 2.45) is 0 Å². The molecule has 2 fully saturated rings. The maximum absolute atomic E-state index is 12.4. The fraction of sp³-hybridized carbons (Fsp3) is 0.429. The number of aromatic nitrogens is 1. The fourth-order valence-corrected chi connectivity index (χ4v) is 7.01. The highest BCUT2D eigenvalue weighted by molar-refractivity contribution is 7.22. The molecule has 0 bridgehead atoms. The number of benzene rings is 1. The van der Waals surface area contributed by atoms with Crippen LogP contribution in [0.5, 0.6) is 5.75 Å². The first kappa shape index (κ1) is 12.9. The lowest BCUT2D eigenvalue weighted by atomic mass is 10.1. The minimum absolute atomic E-state index is 0.0227. The number of thiazole rings is 1. The fourth-order valence-electron chi connectivity index (χ4n) is 3.46. The van der Waals surface area contributed by atoms with Crippen LogP contribution >= 0.6 is 11.3 Å². The molecule has 2 amide bonds. The van der Waals surface area contributed by atoms with E-state index in [-0.39, 0.29) is 11.7 Å². The number of nitrogens with one attached hydrogen (secondary N) is 2. The second-order valence-corrected chi connectivity index (χ2v) is 9.26. The van der Waals surface area contributed by atoms with E-state index in [1.54, 1.807) is 11.3 Å². The first-order chi connectivity index (χ1) is 10.8. The van der Waals surface area contributed by atoms with Gasteiger partial charge in [-0.3, -0.25) is 4.90 Å². The molecular weight excluding hydrogens is 316 g/mol. The van der Waals surface area contributed by atoms with Gasteiger partial charge in [0.25, 0.3) is 0 Å². The van der Waals surface area contributed by atoms with Crippen molar-refractivity contribution < 1.29 is 9.53 Å². The van der Waals surface area contributed by atoms with E-state index in [2.05, 4.69) is 16.4 Å². The van der Waals surface area contributed by atoms with Crippen LogP contribution in [-0.4, -0.2) is 45.3 Å². The molecule has 2 N–H and O–H groups in total. The Labute approximate surface area is 133 Å². The van der Waals surface area contributed by atoms with Crippen molar-refractivity contribution in [3.63, 3.8) is 0 Å². The van der Waals surface area contributed by atoms with E-state index in [0.29, 0.717) is 0 Å². The zero-order chi connectivity index (χ0) is 14.7. The number of fused-ring (bicyclic) bond motifs is 4. The van der Waals surface area contributed by atoms with Crippen LogP contribution in [0.2, 0.25) is 6.04 Å². The summed E-state index contributed by atoms with van der Waals surface area (Å²) in [4.78, 5) is 22.3. The molecule has 1 aromatic heterocycles. The highest BCUT2D eigenvalue weighted by Gasteiger charge is 2.44. The maximum Gasteiger partial charge on any atom is 0.315 e. The van der Waals surface area contributed by atoms with Gasteiger partial charge in [0.1, 0.15) is 5.75 Å². The van der Waals surface area contributed by atoms with Gasteiger partial charge in [-0.25, -0.2) is 9.78 Å². The molecule has 2 saturated heterocycles. The normalized spacial score (nSPS) is 24.3.